The van der Waals surface area contributed by atoms with Gasteiger partial charge in [-0.15, -0.1) is 0 Å². The van der Waals surface area contributed by atoms with Gasteiger partial charge in [-0.3, -0.25) is 14.9 Å². The summed E-state index contributed by atoms with van der Waals surface area (Å²) in [7, 11) is 0. The molecule has 1 aromatic rings. The van der Waals surface area contributed by atoms with Crippen LogP contribution in [0.4, 0.5) is 10.1 Å². The van der Waals surface area contributed by atoms with Crippen LogP contribution in [0, 0.1) is 28.8 Å². The number of nitro groups is 1. The summed E-state index contributed by atoms with van der Waals surface area (Å²) in [6, 6.07) is 1.82. The Hall–Kier alpha value is -2.02. The molecule has 2 N–H and O–H groups in total. The third kappa shape index (κ3) is 3.98. The van der Waals surface area contributed by atoms with Crippen molar-refractivity contribution < 1.29 is 19.2 Å². The van der Waals surface area contributed by atoms with E-state index < -0.39 is 27.9 Å². The van der Waals surface area contributed by atoms with Crippen LogP contribution in [0.5, 0.6) is 0 Å². The van der Waals surface area contributed by atoms with Crippen LogP contribution in [-0.2, 0) is 0 Å². The van der Waals surface area contributed by atoms with Crippen molar-refractivity contribution in [3.63, 3.8) is 0 Å². The van der Waals surface area contributed by atoms with Crippen molar-refractivity contribution in [3.8, 4) is 0 Å². The smallest absolute Gasteiger partial charge is 0.285 e. The van der Waals surface area contributed by atoms with Gasteiger partial charge in [-0.05, 0) is 31.9 Å². The molecule has 6 nitrogen and oxygen atoms in total. The van der Waals surface area contributed by atoms with Gasteiger partial charge >= 0.3 is 0 Å². The Morgan fingerprint density at radius 2 is 2.10 bits per heavy atom. The van der Waals surface area contributed by atoms with Crippen molar-refractivity contribution >= 4 is 11.6 Å². The number of aliphatic hydroxyl groups is 1. The fourth-order valence-corrected chi connectivity index (χ4v) is 1.71. The molecule has 0 aliphatic heterocycles. The van der Waals surface area contributed by atoms with Crippen molar-refractivity contribution in [3.05, 3.63) is 39.2 Å². The summed E-state index contributed by atoms with van der Waals surface area (Å²) >= 11 is 0. The van der Waals surface area contributed by atoms with E-state index in [1.807, 2.05) is 0 Å². The Balaban J connectivity index is 3.06. The highest BCUT2D eigenvalue weighted by Gasteiger charge is 2.28. The van der Waals surface area contributed by atoms with Gasteiger partial charge in [-0.25, -0.2) is 4.39 Å². The van der Waals surface area contributed by atoms with Crippen LogP contribution in [0.1, 0.15) is 36.7 Å². The van der Waals surface area contributed by atoms with Crippen LogP contribution >= 0.6 is 0 Å². The molecule has 0 aromatic heterocycles. The van der Waals surface area contributed by atoms with E-state index in [9.17, 15) is 24.4 Å². The lowest BCUT2D eigenvalue weighted by molar-refractivity contribution is -0.385. The molecule has 116 valence electrons. The number of nitrogens with zero attached hydrogens (tertiary/aromatic N) is 1. The van der Waals surface area contributed by atoms with Gasteiger partial charge in [-0.2, -0.15) is 0 Å². The third-order valence-corrected chi connectivity index (χ3v) is 3.54. The van der Waals surface area contributed by atoms with Crippen molar-refractivity contribution in [1.29, 1.82) is 0 Å². The van der Waals surface area contributed by atoms with Gasteiger partial charge in [0.15, 0.2) is 0 Å². The molecule has 0 saturated heterocycles. The fraction of sp³-hybridized carbons (Fsp3) is 0.500. The monoisotopic (exact) mass is 298 g/mol. The van der Waals surface area contributed by atoms with Crippen LogP contribution < -0.4 is 5.32 Å². The van der Waals surface area contributed by atoms with Crippen LogP contribution in [0.2, 0.25) is 0 Å². The van der Waals surface area contributed by atoms with E-state index in [2.05, 4.69) is 5.32 Å². The summed E-state index contributed by atoms with van der Waals surface area (Å²) in [4.78, 5) is 22.4. The Morgan fingerprint density at radius 3 is 2.57 bits per heavy atom. The summed E-state index contributed by atoms with van der Waals surface area (Å²) in [5.74, 6) is -1.63. The average molecular weight is 298 g/mol. The molecule has 1 aromatic carbocycles. The maximum atomic E-state index is 13.4. The van der Waals surface area contributed by atoms with E-state index in [0.29, 0.717) is 0 Å². The second-order valence-corrected chi connectivity index (χ2v) is 5.57. The maximum Gasteiger partial charge on any atom is 0.285 e. The minimum Gasteiger partial charge on any atom is -0.388 e. The predicted molar refractivity (Wildman–Crippen MR) is 75.6 cm³/mol. The Kier molecular flexibility index (Phi) is 5.01. The summed E-state index contributed by atoms with van der Waals surface area (Å²) < 4.78 is 13.4. The van der Waals surface area contributed by atoms with Gasteiger partial charge in [0.1, 0.15) is 11.4 Å². The molecule has 1 atom stereocenters. The number of carbonyl (C=O) groups excluding carboxylic acids is 1. The third-order valence-electron chi connectivity index (χ3n) is 3.54. The van der Waals surface area contributed by atoms with Gasteiger partial charge in [-0.1, -0.05) is 13.8 Å². The molecular weight excluding hydrogens is 279 g/mol. The lowest BCUT2D eigenvalue weighted by Crippen LogP contribution is -2.44. The van der Waals surface area contributed by atoms with Crippen molar-refractivity contribution in [2.75, 3.05) is 6.54 Å². The van der Waals surface area contributed by atoms with Gasteiger partial charge in [0.05, 0.1) is 10.5 Å². The van der Waals surface area contributed by atoms with E-state index in [1.54, 1.807) is 20.8 Å². The number of amides is 1. The zero-order valence-electron chi connectivity index (χ0n) is 12.4. The average Bonchev–Trinajstić information content (AvgIpc) is 2.34. The van der Waals surface area contributed by atoms with Crippen LogP contribution in [-0.4, -0.2) is 28.1 Å². The standard InChI is InChI=1S/C14H19FN2O4/c1-8(2)14(4,19)7-16-13(18)11-6-10(15)5-9(3)12(11)17(20)21/h5-6,8,19H,7H2,1-4H3,(H,16,18). The molecule has 1 rings (SSSR count). The summed E-state index contributed by atoms with van der Waals surface area (Å²) in [5.41, 5.74) is -1.87. The largest absolute Gasteiger partial charge is 0.388 e. The number of aryl methyl sites for hydroxylation is 1. The Morgan fingerprint density at radius 1 is 1.52 bits per heavy atom. The van der Waals surface area contributed by atoms with Crippen molar-refractivity contribution in [2.45, 2.75) is 33.3 Å². The van der Waals surface area contributed by atoms with Gasteiger partial charge < -0.3 is 10.4 Å². The van der Waals surface area contributed by atoms with Crippen LogP contribution in [0.15, 0.2) is 12.1 Å². The maximum absolute atomic E-state index is 13.4. The zero-order chi connectivity index (χ0) is 16.4. The van der Waals surface area contributed by atoms with E-state index in [1.165, 1.54) is 6.92 Å². The molecule has 0 aliphatic carbocycles. The second-order valence-electron chi connectivity index (χ2n) is 5.57. The first-order chi connectivity index (χ1) is 9.56. The molecule has 0 radical (unpaired) electrons. The molecule has 0 heterocycles. The summed E-state index contributed by atoms with van der Waals surface area (Å²) in [5, 5.41) is 23.5. The molecule has 0 fully saturated rings. The first kappa shape index (κ1) is 17.0. The fourth-order valence-electron chi connectivity index (χ4n) is 1.71. The Labute approximate surface area is 122 Å². The zero-order valence-corrected chi connectivity index (χ0v) is 12.4. The number of nitro benzene ring substituents is 1. The van der Waals surface area contributed by atoms with Crippen molar-refractivity contribution in [1.82, 2.24) is 5.32 Å². The predicted octanol–water partition coefficient (Wildman–Crippen LogP) is 2.18. The number of rotatable bonds is 5. The minimum atomic E-state index is -1.16. The highest BCUT2D eigenvalue weighted by atomic mass is 19.1. The second kappa shape index (κ2) is 6.17. The quantitative estimate of drug-likeness (QED) is 0.643. The molecule has 0 aliphatic rings. The van der Waals surface area contributed by atoms with Gasteiger partial charge in [0.2, 0.25) is 0 Å². The molecule has 21 heavy (non-hydrogen) atoms. The summed E-state index contributed by atoms with van der Waals surface area (Å²) in [6.07, 6.45) is 0. The molecule has 0 bridgehead atoms. The molecule has 1 unspecified atom stereocenters. The van der Waals surface area contributed by atoms with E-state index in [0.717, 1.165) is 12.1 Å². The van der Waals surface area contributed by atoms with Gasteiger partial charge in [0, 0.05) is 12.1 Å². The number of hydrogen-bond donors (Lipinski definition) is 2. The molecule has 0 saturated carbocycles. The van der Waals surface area contributed by atoms with E-state index in [4.69, 9.17) is 0 Å². The normalized spacial score (nSPS) is 13.9. The minimum absolute atomic E-state index is 0.0702. The van der Waals surface area contributed by atoms with Crippen molar-refractivity contribution in [2.24, 2.45) is 5.92 Å². The molecule has 7 heteroatoms. The van der Waals surface area contributed by atoms with E-state index >= 15 is 0 Å². The lowest BCUT2D eigenvalue weighted by atomic mass is 9.92. The van der Waals surface area contributed by atoms with E-state index in [-0.39, 0.29) is 23.6 Å². The number of carbonyl (C=O) groups is 1. The van der Waals surface area contributed by atoms with Crippen LogP contribution in [0.3, 0.4) is 0 Å². The number of nitrogens with one attached hydrogen (secondary N) is 1. The first-order valence-electron chi connectivity index (χ1n) is 6.51. The summed E-state index contributed by atoms with van der Waals surface area (Å²) in [6.45, 7) is 6.38. The lowest BCUT2D eigenvalue weighted by Gasteiger charge is -2.27. The number of halogens is 1. The SMILES string of the molecule is Cc1cc(F)cc(C(=O)NCC(C)(O)C(C)C)c1[N+](=O)[O-]. The Bertz CT molecular complexity index is 570. The van der Waals surface area contributed by atoms with Gasteiger partial charge in [0.25, 0.3) is 11.6 Å². The molecule has 1 amide bonds. The highest BCUT2D eigenvalue weighted by molar-refractivity contribution is 5.98. The first-order valence-corrected chi connectivity index (χ1v) is 6.51. The number of benzene rings is 1. The topological polar surface area (TPSA) is 92.5 Å². The molecular formula is C14H19FN2O4. The molecule has 0 spiro atoms. The van der Waals surface area contributed by atoms with Crippen LogP contribution in [0.25, 0.3) is 0 Å². The highest BCUT2D eigenvalue weighted by Crippen LogP contribution is 2.25. The number of hydrogen-bond acceptors (Lipinski definition) is 4.